The Kier molecular flexibility index (Phi) is 64.9. The molecule has 0 aliphatic rings. The quantitative estimate of drug-likeness (QED) is 0.0222. The molecule has 0 heterocycles. The van der Waals surface area contributed by atoms with Crippen LogP contribution in [-0.4, -0.2) is 96.7 Å². The Balaban J connectivity index is 5.24. The second-order valence-corrected chi connectivity index (χ2v) is 29.5. The van der Waals surface area contributed by atoms with Gasteiger partial charge in [-0.1, -0.05) is 330 Å². The molecule has 0 saturated carbocycles. The molecule has 3 N–H and O–H groups in total. The van der Waals surface area contributed by atoms with Crippen molar-refractivity contribution in [3.05, 3.63) is 0 Å². The van der Waals surface area contributed by atoms with Crippen molar-refractivity contribution in [2.75, 3.05) is 39.6 Å². The van der Waals surface area contributed by atoms with E-state index in [0.717, 1.165) is 95.8 Å². The molecule has 0 aromatic rings. The van der Waals surface area contributed by atoms with Gasteiger partial charge in [0.05, 0.1) is 26.4 Å². The first-order chi connectivity index (χ1) is 44.6. The van der Waals surface area contributed by atoms with Crippen LogP contribution in [0.3, 0.4) is 0 Å². The number of phosphoric ester groups is 2. The molecule has 0 amide bonds. The molecule has 0 spiro atoms. The van der Waals surface area contributed by atoms with Crippen molar-refractivity contribution in [1.29, 1.82) is 0 Å². The molecule has 0 aromatic heterocycles. The molecule has 0 fully saturated rings. The molecule has 19 heteroatoms. The summed E-state index contributed by atoms with van der Waals surface area (Å²) in [5.41, 5.74) is 0. The van der Waals surface area contributed by atoms with Crippen molar-refractivity contribution in [2.24, 2.45) is 5.92 Å². The molecule has 0 aliphatic heterocycles. The minimum atomic E-state index is -4.95. The second kappa shape index (κ2) is 66.3. The number of rotatable bonds is 73. The van der Waals surface area contributed by atoms with E-state index in [-0.39, 0.29) is 25.7 Å². The van der Waals surface area contributed by atoms with Crippen molar-refractivity contribution in [1.82, 2.24) is 0 Å². The van der Waals surface area contributed by atoms with Crippen molar-refractivity contribution in [2.45, 2.75) is 400 Å². The van der Waals surface area contributed by atoms with E-state index in [1.807, 2.05) is 0 Å². The van der Waals surface area contributed by atoms with Crippen molar-refractivity contribution in [3.63, 3.8) is 0 Å². The molecule has 0 radical (unpaired) electrons. The summed E-state index contributed by atoms with van der Waals surface area (Å²) in [5.74, 6) is -1.31. The van der Waals surface area contributed by atoms with Gasteiger partial charge in [-0.15, -0.1) is 0 Å². The number of carbonyl (C=O) groups excluding carboxylic acids is 4. The summed E-state index contributed by atoms with van der Waals surface area (Å²) in [7, 11) is -9.90. The van der Waals surface area contributed by atoms with Crippen LogP contribution in [0.5, 0.6) is 0 Å². The van der Waals surface area contributed by atoms with E-state index in [4.69, 9.17) is 37.0 Å². The largest absolute Gasteiger partial charge is 0.472 e. The topological polar surface area (TPSA) is 237 Å². The molecule has 6 atom stereocenters. The fourth-order valence-corrected chi connectivity index (χ4v) is 12.7. The van der Waals surface area contributed by atoms with Gasteiger partial charge < -0.3 is 33.8 Å². The van der Waals surface area contributed by atoms with Crippen LogP contribution in [-0.2, 0) is 65.4 Å². The zero-order valence-electron chi connectivity index (χ0n) is 59.7. The number of aliphatic hydroxyl groups excluding tert-OH is 1. The summed E-state index contributed by atoms with van der Waals surface area (Å²) in [5, 5.41) is 10.6. The second-order valence-electron chi connectivity index (χ2n) is 26.6. The summed E-state index contributed by atoms with van der Waals surface area (Å²) >= 11 is 0. The van der Waals surface area contributed by atoms with Crippen molar-refractivity contribution >= 4 is 39.5 Å². The first-order valence-electron chi connectivity index (χ1n) is 38.2. The Morgan fingerprint density at radius 1 is 0.304 bits per heavy atom. The smallest absolute Gasteiger partial charge is 0.462 e. The highest BCUT2D eigenvalue weighted by Crippen LogP contribution is 2.45. The third-order valence-electron chi connectivity index (χ3n) is 17.4. The van der Waals surface area contributed by atoms with Crippen molar-refractivity contribution in [3.8, 4) is 0 Å². The Labute approximate surface area is 562 Å². The van der Waals surface area contributed by atoms with Gasteiger partial charge in [0.25, 0.3) is 0 Å². The van der Waals surface area contributed by atoms with E-state index in [1.54, 1.807) is 0 Å². The summed E-state index contributed by atoms with van der Waals surface area (Å²) < 4.78 is 68.4. The summed E-state index contributed by atoms with van der Waals surface area (Å²) in [6.45, 7) is 7.29. The van der Waals surface area contributed by atoms with E-state index < -0.39 is 97.5 Å². The van der Waals surface area contributed by atoms with E-state index in [9.17, 15) is 43.2 Å². The minimum absolute atomic E-state index is 0.108. The molecule has 0 rings (SSSR count). The number of phosphoric acid groups is 2. The van der Waals surface area contributed by atoms with Gasteiger partial charge >= 0.3 is 39.5 Å². The van der Waals surface area contributed by atoms with Gasteiger partial charge in [-0.25, -0.2) is 9.13 Å². The Bertz CT molecular complexity index is 1770. The molecule has 92 heavy (non-hydrogen) atoms. The number of unbranched alkanes of at least 4 members (excludes halogenated alkanes) is 44. The maximum absolute atomic E-state index is 13.1. The van der Waals surface area contributed by atoms with E-state index in [0.29, 0.717) is 25.7 Å². The van der Waals surface area contributed by atoms with Gasteiger partial charge in [0.2, 0.25) is 0 Å². The lowest BCUT2D eigenvalue weighted by molar-refractivity contribution is -0.161. The highest BCUT2D eigenvalue weighted by atomic mass is 31.2. The van der Waals surface area contributed by atoms with Gasteiger partial charge in [0.15, 0.2) is 12.2 Å². The van der Waals surface area contributed by atoms with E-state index in [1.165, 1.54) is 205 Å². The average Bonchev–Trinajstić information content (AvgIpc) is 1.99. The maximum Gasteiger partial charge on any atom is 0.472 e. The van der Waals surface area contributed by atoms with Gasteiger partial charge in [-0.3, -0.25) is 37.3 Å². The van der Waals surface area contributed by atoms with Crippen LogP contribution in [0.2, 0.25) is 0 Å². The van der Waals surface area contributed by atoms with Crippen LogP contribution < -0.4 is 0 Å². The molecule has 0 saturated heterocycles. The van der Waals surface area contributed by atoms with E-state index in [2.05, 4.69) is 34.6 Å². The SMILES string of the molecule is CCCCCCCCCCCCCCCCCCC(=O)O[C@H](COC(=O)CCCCCCCCCCCCC(C)CC)COP(=O)(O)OC[C@@H](O)COP(=O)(O)OC[C@@H](COC(=O)CCCCCCCCCCC)OC(=O)CCCCCCCCCCCCCCC. The average molecular weight is 1350 g/mol. The summed E-state index contributed by atoms with van der Waals surface area (Å²) in [6, 6.07) is 0. The number of aliphatic hydroxyl groups is 1. The third kappa shape index (κ3) is 65.4. The number of ether oxygens (including phenoxy) is 4. The van der Waals surface area contributed by atoms with Gasteiger partial charge in [0.1, 0.15) is 19.3 Å². The molecule has 0 aromatic carbocycles. The van der Waals surface area contributed by atoms with Crippen LogP contribution in [0.25, 0.3) is 0 Å². The van der Waals surface area contributed by atoms with Gasteiger partial charge in [0, 0.05) is 25.7 Å². The predicted molar refractivity (Wildman–Crippen MR) is 372 cm³/mol. The third-order valence-corrected chi connectivity index (χ3v) is 19.3. The fraction of sp³-hybridized carbons (Fsp3) is 0.945. The zero-order valence-corrected chi connectivity index (χ0v) is 61.5. The molecule has 3 unspecified atom stereocenters. The molecule has 17 nitrogen and oxygen atoms in total. The predicted octanol–water partition coefficient (Wildman–Crippen LogP) is 21.3. The molecule has 0 aliphatic carbocycles. The number of carbonyl (C=O) groups is 4. The monoisotopic (exact) mass is 1350 g/mol. The van der Waals surface area contributed by atoms with Gasteiger partial charge in [-0.05, 0) is 31.6 Å². The molecule has 0 bridgehead atoms. The standard InChI is InChI=1S/C73H142O17P2/c1-6-10-13-16-19-22-24-26-27-28-30-32-39-44-49-54-59-73(78)90-69(63-84-71(76)57-52-47-42-37-34-33-36-40-45-50-55-66(5)9-4)65-88-92(81,82)86-61-67(74)60-85-91(79,80)87-64-68(62-83-70(75)56-51-46-41-35-21-18-15-12-8-3)89-72(77)58-53-48-43-38-31-29-25-23-20-17-14-11-7-2/h66-69,74H,6-65H2,1-5H3,(H,79,80)(H,81,82)/t66?,67-,68+,69+/m0/s1. The Hall–Kier alpha value is -1.94. The van der Waals surface area contributed by atoms with Crippen LogP contribution in [0.15, 0.2) is 0 Å². The zero-order chi connectivity index (χ0) is 67.7. The number of hydrogen-bond acceptors (Lipinski definition) is 15. The van der Waals surface area contributed by atoms with E-state index >= 15 is 0 Å². The molecule has 546 valence electrons. The highest BCUT2D eigenvalue weighted by molar-refractivity contribution is 7.47. The van der Waals surface area contributed by atoms with Gasteiger partial charge in [-0.2, -0.15) is 0 Å². The van der Waals surface area contributed by atoms with Crippen LogP contribution in [0.4, 0.5) is 0 Å². The summed E-state index contributed by atoms with van der Waals surface area (Å²) in [4.78, 5) is 72.7. The minimum Gasteiger partial charge on any atom is -0.462 e. The first-order valence-corrected chi connectivity index (χ1v) is 41.2. The van der Waals surface area contributed by atoms with Crippen LogP contribution in [0.1, 0.15) is 381 Å². The van der Waals surface area contributed by atoms with Crippen LogP contribution >= 0.6 is 15.6 Å². The number of esters is 4. The lowest BCUT2D eigenvalue weighted by Gasteiger charge is -2.21. The van der Waals surface area contributed by atoms with Crippen molar-refractivity contribution < 1.29 is 80.2 Å². The summed E-state index contributed by atoms with van der Waals surface area (Å²) in [6.07, 6.45) is 53.9. The Morgan fingerprint density at radius 3 is 0.772 bits per heavy atom. The lowest BCUT2D eigenvalue weighted by Crippen LogP contribution is -2.30. The fourth-order valence-electron chi connectivity index (χ4n) is 11.1. The highest BCUT2D eigenvalue weighted by Gasteiger charge is 2.30. The maximum atomic E-state index is 13.1. The normalized spacial score (nSPS) is 14.3. The Morgan fingerprint density at radius 2 is 0.522 bits per heavy atom. The first kappa shape index (κ1) is 90.1. The molecular weight excluding hydrogens is 1210 g/mol. The lowest BCUT2D eigenvalue weighted by atomic mass is 9.99. The molecular formula is C73H142O17P2. The van der Waals surface area contributed by atoms with Crippen LogP contribution in [0, 0.1) is 5.92 Å². The number of hydrogen-bond donors (Lipinski definition) is 3.